The second-order valence-corrected chi connectivity index (χ2v) is 6.95. The average molecular weight is 403 g/mol. The summed E-state index contributed by atoms with van der Waals surface area (Å²) in [4.78, 5) is 39.1. The van der Waals surface area contributed by atoms with Gasteiger partial charge in [0.1, 0.15) is 28.7 Å². The Bertz CT molecular complexity index is 1090. The van der Waals surface area contributed by atoms with Gasteiger partial charge in [-0.1, -0.05) is 12.2 Å². The molecule has 1 atom stereocenters. The van der Waals surface area contributed by atoms with Gasteiger partial charge in [0.25, 0.3) is 11.8 Å². The van der Waals surface area contributed by atoms with Gasteiger partial charge >= 0.3 is 0 Å². The smallest absolute Gasteiger partial charge is 0.270 e. The van der Waals surface area contributed by atoms with Crippen LogP contribution in [-0.2, 0) is 6.54 Å². The van der Waals surface area contributed by atoms with Crippen molar-refractivity contribution in [2.45, 2.75) is 19.0 Å². The summed E-state index contributed by atoms with van der Waals surface area (Å²) >= 11 is 0. The van der Waals surface area contributed by atoms with Gasteiger partial charge in [-0.2, -0.15) is 0 Å². The van der Waals surface area contributed by atoms with Crippen LogP contribution in [0.5, 0.6) is 0 Å². The minimum absolute atomic E-state index is 0.124. The molecule has 2 aliphatic rings. The fraction of sp³-hybridized carbons (Fsp3) is 0.250. The van der Waals surface area contributed by atoms with Crippen molar-refractivity contribution in [1.82, 2.24) is 14.8 Å². The zero-order chi connectivity index (χ0) is 20.7. The molecule has 29 heavy (non-hydrogen) atoms. The van der Waals surface area contributed by atoms with E-state index in [0.29, 0.717) is 31.6 Å². The number of hydrogen-bond donors (Lipinski definition) is 1. The largest absolute Gasteiger partial charge is 0.348 e. The molecule has 3 heterocycles. The SMILES string of the molecule is O=C(NCc1c(F)cc(F)cc1F)c1cn2c(cc1=O)C(=O)N1CC=CCC2C1. The van der Waals surface area contributed by atoms with Crippen LogP contribution in [0.25, 0.3) is 0 Å². The van der Waals surface area contributed by atoms with Crippen LogP contribution in [0.2, 0.25) is 0 Å². The number of aromatic nitrogens is 1. The summed E-state index contributed by atoms with van der Waals surface area (Å²) in [7, 11) is 0. The predicted octanol–water partition coefficient (Wildman–Crippen LogP) is 2.15. The Morgan fingerprint density at radius 3 is 2.55 bits per heavy atom. The maximum absolute atomic E-state index is 13.7. The van der Waals surface area contributed by atoms with Crippen molar-refractivity contribution in [3.05, 3.63) is 81.0 Å². The number of allylic oxidation sites excluding steroid dienone is 1. The second kappa shape index (κ2) is 7.23. The molecule has 0 radical (unpaired) electrons. The molecule has 2 amide bonds. The summed E-state index contributed by atoms with van der Waals surface area (Å²) in [5.74, 6) is -4.49. The summed E-state index contributed by atoms with van der Waals surface area (Å²) in [5.41, 5.74) is -1.24. The first-order valence-electron chi connectivity index (χ1n) is 8.97. The maximum Gasteiger partial charge on any atom is 0.270 e. The number of carbonyl (C=O) groups is 2. The minimum atomic E-state index is -1.14. The number of hydrogen-bond acceptors (Lipinski definition) is 3. The van der Waals surface area contributed by atoms with Gasteiger partial charge in [0, 0.05) is 49.6 Å². The summed E-state index contributed by atoms with van der Waals surface area (Å²) in [6, 6.07) is 2.01. The Morgan fingerprint density at radius 1 is 1.10 bits per heavy atom. The first kappa shape index (κ1) is 19.0. The van der Waals surface area contributed by atoms with Gasteiger partial charge in [0.2, 0.25) is 0 Å². The molecule has 6 nitrogen and oxygen atoms in total. The highest BCUT2D eigenvalue weighted by Crippen LogP contribution is 2.26. The molecule has 1 N–H and O–H groups in total. The van der Waals surface area contributed by atoms with Crippen molar-refractivity contribution in [3.8, 4) is 0 Å². The number of rotatable bonds is 3. The molecule has 1 aromatic carbocycles. The van der Waals surface area contributed by atoms with E-state index in [0.717, 1.165) is 6.07 Å². The average Bonchev–Trinajstić information content (AvgIpc) is 2.89. The number of halogens is 3. The number of carbonyl (C=O) groups excluding carboxylic acids is 2. The third-order valence-corrected chi connectivity index (χ3v) is 5.09. The monoisotopic (exact) mass is 403 g/mol. The van der Waals surface area contributed by atoms with E-state index in [4.69, 9.17) is 0 Å². The first-order chi connectivity index (χ1) is 13.8. The van der Waals surface area contributed by atoms with E-state index in [1.807, 2.05) is 12.2 Å². The third kappa shape index (κ3) is 3.43. The van der Waals surface area contributed by atoms with E-state index < -0.39 is 40.9 Å². The van der Waals surface area contributed by atoms with Gasteiger partial charge in [-0.15, -0.1) is 0 Å². The predicted molar refractivity (Wildman–Crippen MR) is 96.9 cm³/mol. The van der Waals surface area contributed by atoms with Gasteiger partial charge in [0.05, 0.1) is 6.04 Å². The van der Waals surface area contributed by atoms with Crippen LogP contribution in [-0.4, -0.2) is 34.4 Å². The lowest BCUT2D eigenvalue weighted by molar-refractivity contribution is 0.0694. The van der Waals surface area contributed by atoms with E-state index in [9.17, 15) is 27.6 Å². The van der Waals surface area contributed by atoms with Crippen molar-refractivity contribution >= 4 is 11.8 Å². The van der Waals surface area contributed by atoms with E-state index in [2.05, 4.69) is 5.32 Å². The second-order valence-electron chi connectivity index (χ2n) is 6.95. The quantitative estimate of drug-likeness (QED) is 0.799. The van der Waals surface area contributed by atoms with Crippen molar-refractivity contribution in [2.75, 3.05) is 13.1 Å². The van der Waals surface area contributed by atoms with E-state index >= 15 is 0 Å². The molecule has 2 aromatic rings. The van der Waals surface area contributed by atoms with Crippen LogP contribution in [0.4, 0.5) is 13.2 Å². The highest BCUT2D eigenvalue weighted by Gasteiger charge is 2.32. The van der Waals surface area contributed by atoms with E-state index in [-0.39, 0.29) is 23.2 Å². The van der Waals surface area contributed by atoms with Crippen molar-refractivity contribution in [3.63, 3.8) is 0 Å². The number of pyridine rings is 1. The van der Waals surface area contributed by atoms with Crippen LogP contribution in [0.1, 0.15) is 38.9 Å². The molecule has 0 saturated heterocycles. The Balaban J connectivity index is 1.62. The topological polar surface area (TPSA) is 71.4 Å². The Hall–Kier alpha value is -3.36. The molecule has 2 bridgehead atoms. The molecular formula is C20H16F3N3O3. The van der Waals surface area contributed by atoms with Crippen molar-refractivity contribution < 1.29 is 22.8 Å². The fourth-order valence-electron chi connectivity index (χ4n) is 3.59. The molecule has 1 aromatic heterocycles. The zero-order valence-corrected chi connectivity index (χ0v) is 15.1. The van der Waals surface area contributed by atoms with Crippen molar-refractivity contribution in [1.29, 1.82) is 0 Å². The molecule has 0 fully saturated rings. The van der Waals surface area contributed by atoms with E-state index in [1.54, 1.807) is 9.47 Å². The van der Waals surface area contributed by atoms with Crippen LogP contribution in [0.3, 0.4) is 0 Å². The van der Waals surface area contributed by atoms with Gasteiger partial charge in [0.15, 0.2) is 5.43 Å². The highest BCUT2D eigenvalue weighted by molar-refractivity contribution is 5.97. The van der Waals surface area contributed by atoms with Crippen LogP contribution < -0.4 is 10.7 Å². The summed E-state index contributed by atoms with van der Waals surface area (Å²) in [6.45, 7) is 0.353. The van der Waals surface area contributed by atoms with Gasteiger partial charge < -0.3 is 14.8 Å². The van der Waals surface area contributed by atoms with Crippen molar-refractivity contribution in [2.24, 2.45) is 0 Å². The third-order valence-electron chi connectivity index (χ3n) is 5.09. The Labute approximate surface area is 163 Å². The molecule has 0 aliphatic carbocycles. The number of fused-ring (bicyclic) bond motifs is 4. The van der Waals surface area contributed by atoms with Gasteiger partial charge in [-0.25, -0.2) is 13.2 Å². The zero-order valence-electron chi connectivity index (χ0n) is 15.1. The minimum Gasteiger partial charge on any atom is -0.348 e. The number of nitrogens with zero attached hydrogens (tertiary/aromatic N) is 2. The molecule has 1 unspecified atom stereocenters. The number of amides is 2. The van der Waals surface area contributed by atoms with Crippen LogP contribution in [0, 0.1) is 17.5 Å². The maximum atomic E-state index is 13.7. The normalized spacial score (nSPS) is 17.7. The van der Waals surface area contributed by atoms with Gasteiger partial charge in [-0.3, -0.25) is 14.4 Å². The first-order valence-corrected chi connectivity index (χ1v) is 8.97. The van der Waals surface area contributed by atoms with Gasteiger partial charge in [-0.05, 0) is 6.42 Å². The van der Waals surface area contributed by atoms with E-state index in [1.165, 1.54) is 6.20 Å². The Morgan fingerprint density at radius 2 is 1.83 bits per heavy atom. The number of benzene rings is 1. The highest BCUT2D eigenvalue weighted by atomic mass is 19.1. The lowest BCUT2D eigenvalue weighted by Gasteiger charge is -2.34. The summed E-state index contributed by atoms with van der Waals surface area (Å²) < 4.78 is 42.1. The summed E-state index contributed by atoms with van der Waals surface area (Å²) in [6.07, 6.45) is 5.75. The number of nitrogens with one attached hydrogen (secondary N) is 1. The molecule has 0 saturated carbocycles. The summed E-state index contributed by atoms with van der Waals surface area (Å²) in [5, 5.41) is 2.28. The fourth-order valence-corrected chi connectivity index (χ4v) is 3.59. The molecule has 9 heteroatoms. The molecule has 2 aliphatic heterocycles. The molecule has 150 valence electrons. The lowest BCUT2D eigenvalue weighted by Crippen LogP contribution is -2.44. The Kier molecular flexibility index (Phi) is 4.73. The molecule has 4 rings (SSSR count). The van der Waals surface area contributed by atoms with Crippen LogP contribution >= 0.6 is 0 Å². The molecule has 0 spiro atoms. The lowest BCUT2D eigenvalue weighted by atomic mass is 10.1. The molecular weight excluding hydrogens is 387 g/mol. The standard InChI is InChI=1S/C20H16F3N3O3/c21-11-5-15(22)13(16(23)6-11)8-24-19(28)14-10-26-12-3-1-2-4-25(9-12)20(29)17(26)7-18(14)27/h1-2,5-7,10,12H,3-4,8-9H2,(H,24,28). The van der Waals surface area contributed by atoms with Crippen LogP contribution in [0.15, 0.2) is 41.3 Å².